The van der Waals surface area contributed by atoms with Gasteiger partial charge in [-0.15, -0.1) is 0 Å². The van der Waals surface area contributed by atoms with Gasteiger partial charge in [-0.25, -0.2) is 9.78 Å². The molecule has 1 N–H and O–H groups in total. The molecule has 8 heteroatoms. The Hall–Kier alpha value is -2.19. The first-order valence-corrected chi connectivity index (χ1v) is 10.8. The van der Waals surface area contributed by atoms with Crippen molar-refractivity contribution in [2.24, 2.45) is 0 Å². The van der Waals surface area contributed by atoms with Gasteiger partial charge in [-0.05, 0) is 59.7 Å². The number of hydrogen-bond donors (Lipinski definition) is 1. The quantitative estimate of drug-likeness (QED) is 0.512. The Morgan fingerprint density at radius 3 is 2.53 bits per heavy atom. The molecule has 0 saturated carbocycles. The van der Waals surface area contributed by atoms with E-state index in [1.54, 1.807) is 6.20 Å². The molecule has 0 aliphatic carbocycles. The molecule has 0 aliphatic rings. The minimum atomic E-state index is -0.946. The molecule has 162 valence electrons. The van der Waals surface area contributed by atoms with Crippen LogP contribution >= 0.6 is 15.9 Å². The number of carbonyl (C=O) groups is 1. The minimum Gasteiger partial charge on any atom is -0.465 e. The van der Waals surface area contributed by atoms with E-state index in [4.69, 9.17) is 9.72 Å². The van der Waals surface area contributed by atoms with Crippen LogP contribution in [-0.4, -0.2) is 48.3 Å². The molecule has 30 heavy (non-hydrogen) atoms. The van der Waals surface area contributed by atoms with Crippen LogP contribution in [0.4, 0.5) is 4.79 Å². The van der Waals surface area contributed by atoms with E-state index in [0.717, 1.165) is 32.2 Å². The smallest absolute Gasteiger partial charge is 0.408 e. The molecular weight excluding hydrogens is 448 g/mol. The van der Waals surface area contributed by atoms with Gasteiger partial charge in [0.1, 0.15) is 17.9 Å². The number of nitrogens with zero attached hydrogens (tertiary/aromatic N) is 4. The summed E-state index contributed by atoms with van der Waals surface area (Å²) in [5.41, 5.74) is 1.32. The van der Waals surface area contributed by atoms with Crippen LogP contribution in [0.2, 0.25) is 0 Å². The zero-order chi connectivity index (χ0) is 22.3. The van der Waals surface area contributed by atoms with Crippen LogP contribution in [0.1, 0.15) is 47.4 Å². The molecule has 0 radical (unpaired) electrons. The van der Waals surface area contributed by atoms with Crippen molar-refractivity contribution in [2.45, 2.75) is 65.8 Å². The fourth-order valence-corrected chi connectivity index (χ4v) is 4.57. The zero-order valence-corrected chi connectivity index (χ0v) is 19.9. The summed E-state index contributed by atoms with van der Waals surface area (Å²) in [5, 5.41) is 10.9. The number of imidazole rings is 1. The molecule has 0 atom stereocenters. The summed E-state index contributed by atoms with van der Waals surface area (Å²) in [6, 6.07) is 5.97. The first kappa shape index (κ1) is 22.5. The number of carboxylic acid groups (broad SMARTS) is 1. The largest absolute Gasteiger partial charge is 0.465 e. The minimum absolute atomic E-state index is 0.349. The van der Waals surface area contributed by atoms with E-state index >= 15 is 0 Å². The molecule has 1 amide bonds. The molecule has 3 aromatic rings. The molecule has 0 aliphatic heterocycles. The second-order valence-corrected chi connectivity index (χ2v) is 9.92. The first-order valence-electron chi connectivity index (χ1n) is 10.00. The summed E-state index contributed by atoms with van der Waals surface area (Å²) >= 11 is 3.51. The highest BCUT2D eigenvalue weighted by molar-refractivity contribution is 9.10. The van der Waals surface area contributed by atoms with Gasteiger partial charge in [-0.3, -0.25) is 9.88 Å². The van der Waals surface area contributed by atoms with Gasteiger partial charge in [-0.1, -0.05) is 15.9 Å². The van der Waals surface area contributed by atoms with Crippen LogP contribution in [0, 0.1) is 0 Å². The Balaban J connectivity index is 2.22. The van der Waals surface area contributed by atoms with Crippen LogP contribution in [-0.2, 0) is 17.9 Å². The number of amides is 1. The van der Waals surface area contributed by atoms with E-state index in [9.17, 15) is 9.90 Å². The van der Waals surface area contributed by atoms with E-state index in [-0.39, 0.29) is 0 Å². The molecule has 1 aromatic carbocycles. The van der Waals surface area contributed by atoms with Gasteiger partial charge in [0.2, 0.25) is 0 Å². The van der Waals surface area contributed by atoms with E-state index in [2.05, 4.69) is 25.5 Å². The molecule has 0 fully saturated rings. The Kier molecular flexibility index (Phi) is 6.11. The van der Waals surface area contributed by atoms with Gasteiger partial charge in [-0.2, -0.15) is 0 Å². The van der Waals surface area contributed by atoms with Crippen LogP contribution < -0.4 is 0 Å². The highest BCUT2D eigenvalue weighted by Gasteiger charge is 2.39. The van der Waals surface area contributed by atoms with Crippen LogP contribution in [0.5, 0.6) is 0 Å². The summed E-state index contributed by atoms with van der Waals surface area (Å²) in [5.74, 6) is 0.761. The number of pyridine rings is 1. The van der Waals surface area contributed by atoms with Crippen LogP contribution in [0.25, 0.3) is 21.9 Å². The maximum atomic E-state index is 12.2. The third-order valence-electron chi connectivity index (χ3n) is 5.06. The predicted molar refractivity (Wildman–Crippen MR) is 122 cm³/mol. The maximum Gasteiger partial charge on any atom is 0.408 e. The molecule has 0 bridgehead atoms. The fourth-order valence-electron chi connectivity index (χ4n) is 4.22. The molecule has 2 aromatic heterocycles. The van der Waals surface area contributed by atoms with Crippen molar-refractivity contribution in [1.82, 2.24) is 19.4 Å². The van der Waals surface area contributed by atoms with Gasteiger partial charge in [0, 0.05) is 28.5 Å². The van der Waals surface area contributed by atoms with Crippen molar-refractivity contribution in [2.75, 3.05) is 6.61 Å². The number of fused-ring (bicyclic) bond motifs is 3. The lowest BCUT2D eigenvalue weighted by Gasteiger charge is -2.45. The highest BCUT2D eigenvalue weighted by Crippen LogP contribution is 2.32. The molecule has 2 heterocycles. The maximum absolute atomic E-state index is 12.2. The molecule has 0 saturated heterocycles. The summed E-state index contributed by atoms with van der Waals surface area (Å²) in [6.45, 7) is 12.9. The fraction of sp³-hybridized carbons (Fsp3) is 0.500. The lowest BCUT2D eigenvalue weighted by atomic mass is 9.94. The Bertz CT molecular complexity index is 1090. The van der Waals surface area contributed by atoms with Crippen molar-refractivity contribution in [3.8, 4) is 0 Å². The third kappa shape index (κ3) is 4.30. The summed E-state index contributed by atoms with van der Waals surface area (Å²) < 4.78 is 8.71. The van der Waals surface area contributed by atoms with Gasteiger partial charge >= 0.3 is 6.09 Å². The SMILES string of the molecule is CCOCc1nc2cnc3cc(Br)ccc3c2n1CC(C)(C)N(C(=O)O)C(C)(C)C. The van der Waals surface area contributed by atoms with Crippen LogP contribution in [0.3, 0.4) is 0 Å². The van der Waals surface area contributed by atoms with E-state index in [0.29, 0.717) is 19.8 Å². The lowest BCUT2D eigenvalue weighted by Crippen LogP contribution is -2.58. The van der Waals surface area contributed by atoms with E-state index in [1.165, 1.54) is 4.90 Å². The normalized spacial score (nSPS) is 12.6. The van der Waals surface area contributed by atoms with Crippen molar-refractivity contribution in [3.05, 3.63) is 34.7 Å². The van der Waals surface area contributed by atoms with Crippen molar-refractivity contribution in [1.29, 1.82) is 0 Å². The molecule has 7 nitrogen and oxygen atoms in total. The standard InChI is InChI=1S/C22H29BrN4O3/c1-7-30-12-18-25-17-11-24-16-10-14(23)8-9-15(16)19(17)26(18)13-22(5,6)27(20(28)29)21(2,3)4/h8-11H,7,12-13H2,1-6H3,(H,28,29). The topological polar surface area (TPSA) is 80.5 Å². The highest BCUT2D eigenvalue weighted by atomic mass is 79.9. The Labute approximate surface area is 185 Å². The van der Waals surface area contributed by atoms with Crippen LogP contribution in [0.15, 0.2) is 28.9 Å². The van der Waals surface area contributed by atoms with Gasteiger partial charge < -0.3 is 14.4 Å². The molecule has 3 rings (SSSR count). The second kappa shape index (κ2) is 8.15. The van der Waals surface area contributed by atoms with E-state index < -0.39 is 17.2 Å². The zero-order valence-electron chi connectivity index (χ0n) is 18.4. The molecule has 0 unspecified atom stereocenters. The van der Waals surface area contributed by atoms with Crippen molar-refractivity contribution >= 4 is 44.0 Å². The summed E-state index contributed by atoms with van der Waals surface area (Å²) in [4.78, 5) is 23.0. The van der Waals surface area contributed by atoms with E-state index in [1.807, 2.05) is 59.7 Å². The Morgan fingerprint density at radius 2 is 1.93 bits per heavy atom. The predicted octanol–water partition coefficient (Wildman–Crippen LogP) is 5.44. The number of halogens is 1. The average molecular weight is 477 g/mol. The second-order valence-electron chi connectivity index (χ2n) is 9.01. The van der Waals surface area contributed by atoms with Gasteiger partial charge in [0.05, 0.1) is 22.8 Å². The first-order chi connectivity index (χ1) is 14.0. The lowest BCUT2D eigenvalue weighted by molar-refractivity contribution is 0.0241. The number of ether oxygens (including phenoxy) is 1. The third-order valence-corrected chi connectivity index (χ3v) is 5.56. The number of benzene rings is 1. The number of aromatic nitrogens is 3. The molecular formula is C22H29BrN4O3. The number of hydrogen-bond acceptors (Lipinski definition) is 4. The monoisotopic (exact) mass is 476 g/mol. The van der Waals surface area contributed by atoms with Gasteiger partial charge in [0.15, 0.2) is 0 Å². The van der Waals surface area contributed by atoms with Gasteiger partial charge in [0.25, 0.3) is 0 Å². The molecule has 0 spiro atoms. The van der Waals surface area contributed by atoms with Crippen molar-refractivity contribution < 1.29 is 14.6 Å². The Morgan fingerprint density at radius 1 is 1.23 bits per heavy atom. The average Bonchev–Trinajstić information content (AvgIpc) is 2.94. The number of rotatable bonds is 6. The van der Waals surface area contributed by atoms with Crippen molar-refractivity contribution in [3.63, 3.8) is 0 Å². The summed E-state index contributed by atoms with van der Waals surface area (Å²) in [7, 11) is 0. The summed E-state index contributed by atoms with van der Waals surface area (Å²) in [6.07, 6.45) is 0.820.